The van der Waals surface area contributed by atoms with Gasteiger partial charge in [-0.2, -0.15) is 0 Å². The molecule has 94 valence electrons. The summed E-state index contributed by atoms with van der Waals surface area (Å²) in [5.74, 6) is 1.79. The summed E-state index contributed by atoms with van der Waals surface area (Å²) in [6.45, 7) is 4.91. The van der Waals surface area contributed by atoms with Crippen LogP contribution in [0.4, 0.5) is 5.82 Å². The molecule has 1 aromatic rings. The highest BCUT2D eigenvalue weighted by Crippen LogP contribution is 2.21. The molecule has 0 aliphatic carbocycles. The van der Waals surface area contributed by atoms with Crippen molar-refractivity contribution in [2.24, 2.45) is 5.92 Å². The summed E-state index contributed by atoms with van der Waals surface area (Å²) in [6.07, 6.45) is 2.33. The second-order valence-electron chi connectivity index (χ2n) is 4.67. The molecular weight excluding hydrogens is 280 g/mol. The number of aromatic nitrogens is 1. The quantitative estimate of drug-likeness (QED) is 0.858. The van der Waals surface area contributed by atoms with Gasteiger partial charge in [0.25, 0.3) is 0 Å². The van der Waals surface area contributed by atoms with E-state index >= 15 is 0 Å². The molecule has 2 heterocycles. The summed E-state index contributed by atoms with van der Waals surface area (Å²) < 4.78 is 6.45. The highest BCUT2D eigenvalue weighted by molar-refractivity contribution is 9.10. The fraction of sp³-hybridized carbons (Fsp3) is 0.615. The first kappa shape index (κ1) is 12.8. The molecule has 1 aliphatic heterocycles. The van der Waals surface area contributed by atoms with Crippen LogP contribution >= 0.6 is 15.9 Å². The zero-order valence-corrected chi connectivity index (χ0v) is 12.0. The number of hydrogen-bond donors (Lipinski definition) is 0. The molecule has 0 N–H and O–H groups in total. The molecule has 1 fully saturated rings. The Kier molecular flexibility index (Phi) is 4.40. The normalized spacial score (nSPS) is 17.1. The molecule has 0 aromatic carbocycles. The summed E-state index contributed by atoms with van der Waals surface area (Å²) in [4.78, 5) is 6.83. The second kappa shape index (κ2) is 5.83. The first-order chi connectivity index (χ1) is 8.16. The van der Waals surface area contributed by atoms with Crippen LogP contribution in [0.3, 0.4) is 0 Å². The van der Waals surface area contributed by atoms with Crippen molar-refractivity contribution < 1.29 is 4.74 Å². The molecule has 1 aromatic heterocycles. The van der Waals surface area contributed by atoms with Gasteiger partial charge in [-0.15, -0.1) is 0 Å². The number of pyridine rings is 1. The van der Waals surface area contributed by atoms with Crippen LogP contribution in [0.5, 0.6) is 0 Å². The van der Waals surface area contributed by atoms with Gasteiger partial charge in [-0.05, 0) is 53.7 Å². The molecule has 17 heavy (non-hydrogen) atoms. The molecule has 1 saturated heterocycles. The lowest BCUT2D eigenvalue weighted by molar-refractivity contribution is 0.0685. The van der Waals surface area contributed by atoms with Crippen LogP contribution in [0.15, 0.2) is 16.6 Å². The standard InChI is InChI=1S/C13H19BrN2O/c1-10-12(14)3-4-13(15-10)16(2)9-11-5-7-17-8-6-11/h3-4,11H,5-9H2,1-2H3. The van der Waals surface area contributed by atoms with Gasteiger partial charge >= 0.3 is 0 Å². The van der Waals surface area contributed by atoms with Crippen molar-refractivity contribution in [1.29, 1.82) is 0 Å². The van der Waals surface area contributed by atoms with E-state index in [1.54, 1.807) is 0 Å². The van der Waals surface area contributed by atoms with Crippen molar-refractivity contribution in [3.8, 4) is 0 Å². The molecule has 0 saturated carbocycles. The predicted octanol–water partition coefficient (Wildman–Crippen LogP) is 3.02. The summed E-state index contributed by atoms with van der Waals surface area (Å²) in [6, 6.07) is 4.13. The van der Waals surface area contributed by atoms with Gasteiger partial charge in [-0.1, -0.05) is 0 Å². The Labute approximate surface area is 111 Å². The van der Waals surface area contributed by atoms with Gasteiger partial charge in [-0.25, -0.2) is 4.98 Å². The third kappa shape index (κ3) is 3.42. The molecule has 0 spiro atoms. The van der Waals surface area contributed by atoms with Crippen molar-refractivity contribution in [1.82, 2.24) is 4.98 Å². The first-order valence-electron chi connectivity index (χ1n) is 6.09. The summed E-state index contributed by atoms with van der Waals surface area (Å²) in [5, 5.41) is 0. The van der Waals surface area contributed by atoms with Gasteiger partial charge in [0.2, 0.25) is 0 Å². The predicted molar refractivity (Wildman–Crippen MR) is 73.5 cm³/mol. The highest BCUT2D eigenvalue weighted by Gasteiger charge is 2.16. The van der Waals surface area contributed by atoms with Crippen LogP contribution in [-0.4, -0.2) is 31.8 Å². The Hall–Kier alpha value is -0.610. The van der Waals surface area contributed by atoms with E-state index < -0.39 is 0 Å². The number of nitrogens with zero attached hydrogens (tertiary/aromatic N) is 2. The maximum atomic E-state index is 5.38. The van der Waals surface area contributed by atoms with E-state index in [1.807, 2.05) is 6.92 Å². The van der Waals surface area contributed by atoms with Crippen LogP contribution in [0.25, 0.3) is 0 Å². The van der Waals surface area contributed by atoms with E-state index in [-0.39, 0.29) is 0 Å². The second-order valence-corrected chi connectivity index (χ2v) is 5.53. The zero-order valence-electron chi connectivity index (χ0n) is 10.4. The molecule has 0 atom stereocenters. The lowest BCUT2D eigenvalue weighted by atomic mass is 10.00. The number of anilines is 1. The maximum Gasteiger partial charge on any atom is 0.128 e. The zero-order chi connectivity index (χ0) is 12.3. The van der Waals surface area contributed by atoms with Gasteiger partial charge in [-0.3, -0.25) is 0 Å². The Morgan fingerprint density at radius 1 is 1.41 bits per heavy atom. The Morgan fingerprint density at radius 3 is 2.76 bits per heavy atom. The van der Waals surface area contributed by atoms with Crippen LogP contribution < -0.4 is 4.90 Å². The van der Waals surface area contributed by atoms with Crippen molar-refractivity contribution in [3.63, 3.8) is 0 Å². The molecule has 1 aliphatic rings. The summed E-state index contributed by atoms with van der Waals surface area (Å²) >= 11 is 3.48. The number of aryl methyl sites for hydroxylation is 1. The lowest BCUT2D eigenvalue weighted by Crippen LogP contribution is -2.30. The third-order valence-corrected chi connectivity index (χ3v) is 4.11. The number of rotatable bonds is 3. The van der Waals surface area contributed by atoms with Crippen LogP contribution in [0.2, 0.25) is 0 Å². The summed E-state index contributed by atoms with van der Waals surface area (Å²) in [5.41, 5.74) is 1.04. The molecule has 0 amide bonds. The molecule has 0 radical (unpaired) electrons. The highest BCUT2D eigenvalue weighted by atomic mass is 79.9. The van der Waals surface area contributed by atoms with E-state index in [0.717, 1.165) is 41.7 Å². The van der Waals surface area contributed by atoms with E-state index in [4.69, 9.17) is 4.74 Å². The molecule has 0 unspecified atom stereocenters. The number of ether oxygens (including phenoxy) is 1. The van der Waals surface area contributed by atoms with Crippen LogP contribution in [0, 0.1) is 12.8 Å². The SMILES string of the molecule is Cc1nc(N(C)CC2CCOCC2)ccc1Br. The molecule has 3 nitrogen and oxygen atoms in total. The first-order valence-corrected chi connectivity index (χ1v) is 6.88. The Balaban J connectivity index is 1.98. The van der Waals surface area contributed by atoms with Crippen molar-refractivity contribution >= 4 is 21.7 Å². The molecule has 2 rings (SSSR count). The minimum atomic E-state index is 0.736. The minimum absolute atomic E-state index is 0.736. The van der Waals surface area contributed by atoms with Crippen molar-refractivity contribution in [2.45, 2.75) is 19.8 Å². The van der Waals surface area contributed by atoms with Gasteiger partial charge in [0.1, 0.15) is 5.82 Å². The van der Waals surface area contributed by atoms with Gasteiger partial charge < -0.3 is 9.64 Å². The maximum absolute atomic E-state index is 5.38. The van der Waals surface area contributed by atoms with Gasteiger partial charge in [0.15, 0.2) is 0 Å². The monoisotopic (exact) mass is 298 g/mol. The van der Waals surface area contributed by atoms with Gasteiger partial charge in [0, 0.05) is 31.3 Å². The topological polar surface area (TPSA) is 25.4 Å². The number of halogens is 1. The average Bonchev–Trinajstić information content (AvgIpc) is 2.34. The van der Waals surface area contributed by atoms with E-state index in [2.05, 4.69) is 45.0 Å². The molecule has 4 heteroatoms. The lowest BCUT2D eigenvalue weighted by Gasteiger charge is -2.28. The number of hydrogen-bond acceptors (Lipinski definition) is 3. The molecule has 0 bridgehead atoms. The fourth-order valence-corrected chi connectivity index (χ4v) is 2.37. The largest absolute Gasteiger partial charge is 0.381 e. The van der Waals surface area contributed by atoms with Gasteiger partial charge in [0.05, 0.1) is 5.69 Å². The minimum Gasteiger partial charge on any atom is -0.381 e. The van der Waals surface area contributed by atoms with E-state index in [1.165, 1.54) is 12.8 Å². The van der Waals surface area contributed by atoms with E-state index in [9.17, 15) is 0 Å². The molecular formula is C13H19BrN2O. The van der Waals surface area contributed by atoms with Crippen molar-refractivity contribution in [3.05, 3.63) is 22.3 Å². The Bertz CT molecular complexity index is 378. The van der Waals surface area contributed by atoms with Crippen LogP contribution in [-0.2, 0) is 4.74 Å². The van der Waals surface area contributed by atoms with E-state index in [0.29, 0.717) is 0 Å². The average molecular weight is 299 g/mol. The van der Waals surface area contributed by atoms with Crippen LogP contribution in [0.1, 0.15) is 18.5 Å². The third-order valence-electron chi connectivity index (χ3n) is 3.27. The smallest absolute Gasteiger partial charge is 0.128 e. The fourth-order valence-electron chi connectivity index (χ4n) is 2.15. The Morgan fingerprint density at radius 2 is 2.12 bits per heavy atom. The summed E-state index contributed by atoms with van der Waals surface area (Å²) in [7, 11) is 2.12. The van der Waals surface area contributed by atoms with Crippen molar-refractivity contribution in [2.75, 3.05) is 31.7 Å².